The van der Waals surface area contributed by atoms with Crippen LogP contribution >= 0.6 is 0 Å². The lowest BCUT2D eigenvalue weighted by atomic mass is 10.1. The van der Waals surface area contributed by atoms with Crippen LogP contribution in [0.2, 0.25) is 0 Å². The lowest BCUT2D eigenvalue weighted by molar-refractivity contribution is -0.118. The molecule has 0 radical (unpaired) electrons. The number of piperazine rings is 1. The molecule has 0 aromatic heterocycles. The van der Waals surface area contributed by atoms with Crippen LogP contribution in [0.25, 0.3) is 0 Å². The molecule has 4 heteroatoms. The second kappa shape index (κ2) is 5.10. The van der Waals surface area contributed by atoms with Gasteiger partial charge in [0.1, 0.15) is 5.78 Å². The first-order valence-electron chi connectivity index (χ1n) is 5.76. The quantitative estimate of drug-likeness (QED) is 0.836. The number of ketones is 1. The highest BCUT2D eigenvalue weighted by Gasteiger charge is 2.19. The molecule has 0 aliphatic carbocycles. The highest BCUT2D eigenvalue weighted by Crippen LogP contribution is 2.17. The summed E-state index contributed by atoms with van der Waals surface area (Å²) in [6, 6.07) is 7.64. The Morgan fingerprint density at radius 2 is 2.29 bits per heavy atom. The fraction of sp³-hybridized carbons (Fsp3) is 0.385. The average molecular weight is 232 g/mol. The number of benzene rings is 1. The largest absolute Gasteiger partial charge is 0.310 e. The molecule has 1 saturated heterocycles. The number of amides is 1. The molecule has 1 aromatic rings. The first-order chi connectivity index (χ1) is 8.16. The molecule has 0 atom stereocenters. The van der Waals surface area contributed by atoms with Crippen molar-refractivity contribution in [1.29, 1.82) is 0 Å². The van der Waals surface area contributed by atoms with Crippen LogP contribution in [0.5, 0.6) is 0 Å². The van der Waals surface area contributed by atoms with Crippen molar-refractivity contribution in [2.45, 2.75) is 13.3 Å². The lowest BCUT2D eigenvalue weighted by Crippen LogP contribution is -2.48. The molecule has 2 rings (SSSR count). The van der Waals surface area contributed by atoms with E-state index in [9.17, 15) is 9.59 Å². The van der Waals surface area contributed by atoms with Gasteiger partial charge in [0.05, 0.1) is 6.54 Å². The molecule has 1 aromatic carbocycles. The molecule has 0 saturated carbocycles. The third-order valence-corrected chi connectivity index (χ3v) is 2.76. The molecule has 1 N–H and O–H groups in total. The Morgan fingerprint density at radius 3 is 3.00 bits per heavy atom. The van der Waals surface area contributed by atoms with Crippen molar-refractivity contribution in [2.24, 2.45) is 0 Å². The maximum Gasteiger partial charge on any atom is 0.240 e. The van der Waals surface area contributed by atoms with Crippen LogP contribution in [0.15, 0.2) is 24.3 Å². The second-order valence-electron chi connectivity index (χ2n) is 4.27. The van der Waals surface area contributed by atoms with Gasteiger partial charge in [-0.05, 0) is 24.6 Å². The van der Waals surface area contributed by atoms with E-state index in [2.05, 4.69) is 5.32 Å². The van der Waals surface area contributed by atoms with E-state index in [1.807, 2.05) is 24.3 Å². The Morgan fingerprint density at radius 1 is 1.47 bits per heavy atom. The summed E-state index contributed by atoms with van der Waals surface area (Å²) in [6.45, 7) is 3.45. The molecule has 90 valence electrons. The summed E-state index contributed by atoms with van der Waals surface area (Å²) >= 11 is 0. The van der Waals surface area contributed by atoms with Gasteiger partial charge in [0.25, 0.3) is 0 Å². The third kappa shape index (κ3) is 2.91. The summed E-state index contributed by atoms with van der Waals surface area (Å²) in [7, 11) is 0. The maximum absolute atomic E-state index is 11.7. The van der Waals surface area contributed by atoms with E-state index in [0.717, 1.165) is 17.8 Å². The van der Waals surface area contributed by atoms with Gasteiger partial charge in [0.15, 0.2) is 0 Å². The van der Waals surface area contributed by atoms with Gasteiger partial charge in [-0.3, -0.25) is 9.59 Å². The standard InChI is InChI=1S/C13H16N2O2/c1-10(16)7-11-3-2-4-12(8-11)15-6-5-14-9-13(15)17/h2-4,8,14H,5-7,9H2,1H3. The second-order valence-corrected chi connectivity index (χ2v) is 4.27. The monoisotopic (exact) mass is 232 g/mol. The fourth-order valence-corrected chi connectivity index (χ4v) is 2.00. The molecule has 0 unspecified atom stereocenters. The van der Waals surface area contributed by atoms with Crippen LogP contribution in [-0.4, -0.2) is 31.3 Å². The van der Waals surface area contributed by atoms with Crippen LogP contribution in [0.4, 0.5) is 5.69 Å². The summed E-state index contributed by atoms with van der Waals surface area (Å²) in [4.78, 5) is 24.6. The van der Waals surface area contributed by atoms with E-state index < -0.39 is 0 Å². The molecule has 0 bridgehead atoms. The van der Waals surface area contributed by atoms with E-state index in [4.69, 9.17) is 0 Å². The minimum absolute atomic E-state index is 0.0798. The molecular weight excluding hydrogens is 216 g/mol. The first-order valence-corrected chi connectivity index (χ1v) is 5.76. The smallest absolute Gasteiger partial charge is 0.240 e. The summed E-state index contributed by atoms with van der Waals surface area (Å²) in [6.07, 6.45) is 0.425. The van der Waals surface area contributed by atoms with Gasteiger partial charge < -0.3 is 10.2 Å². The van der Waals surface area contributed by atoms with Crippen LogP contribution in [0.3, 0.4) is 0 Å². The topological polar surface area (TPSA) is 49.4 Å². The zero-order chi connectivity index (χ0) is 12.3. The van der Waals surface area contributed by atoms with Crippen LogP contribution in [-0.2, 0) is 16.0 Å². The fourth-order valence-electron chi connectivity index (χ4n) is 2.00. The normalized spacial score (nSPS) is 16.1. The number of nitrogens with zero attached hydrogens (tertiary/aromatic N) is 1. The molecule has 1 amide bonds. The number of anilines is 1. The summed E-state index contributed by atoms with van der Waals surface area (Å²) in [5.74, 6) is 0.213. The van der Waals surface area contributed by atoms with E-state index in [0.29, 0.717) is 19.5 Å². The number of nitrogens with one attached hydrogen (secondary N) is 1. The average Bonchev–Trinajstić information content (AvgIpc) is 2.29. The Balaban J connectivity index is 2.19. The number of Topliss-reactive ketones (excluding diaryl/α,β-unsaturated/α-hetero) is 1. The predicted octanol–water partition coefficient (Wildman–Crippen LogP) is 0.754. The molecule has 1 aliphatic heterocycles. The first kappa shape index (κ1) is 11.8. The van der Waals surface area contributed by atoms with E-state index >= 15 is 0 Å². The molecule has 1 aliphatic rings. The Hall–Kier alpha value is -1.68. The third-order valence-electron chi connectivity index (χ3n) is 2.76. The van der Waals surface area contributed by atoms with Crippen LogP contribution < -0.4 is 10.2 Å². The molecule has 1 heterocycles. The summed E-state index contributed by atoms with van der Waals surface area (Å²) in [5.41, 5.74) is 1.84. The molecule has 1 fully saturated rings. The van der Waals surface area contributed by atoms with Gasteiger partial charge in [0.2, 0.25) is 5.91 Å². The van der Waals surface area contributed by atoms with Gasteiger partial charge in [-0.2, -0.15) is 0 Å². The van der Waals surface area contributed by atoms with Crippen LogP contribution in [0.1, 0.15) is 12.5 Å². The van der Waals surface area contributed by atoms with Crippen LogP contribution in [0, 0.1) is 0 Å². The zero-order valence-electron chi connectivity index (χ0n) is 9.90. The maximum atomic E-state index is 11.7. The summed E-state index contributed by atoms with van der Waals surface area (Å²) < 4.78 is 0. The number of carbonyl (C=O) groups excluding carboxylic acids is 2. The van der Waals surface area contributed by atoms with Gasteiger partial charge in [-0.15, -0.1) is 0 Å². The van der Waals surface area contributed by atoms with Crippen molar-refractivity contribution in [2.75, 3.05) is 24.5 Å². The van der Waals surface area contributed by atoms with Crippen molar-refractivity contribution < 1.29 is 9.59 Å². The number of carbonyl (C=O) groups is 2. The highest BCUT2D eigenvalue weighted by molar-refractivity contribution is 5.95. The minimum Gasteiger partial charge on any atom is -0.310 e. The van der Waals surface area contributed by atoms with E-state index in [-0.39, 0.29) is 11.7 Å². The summed E-state index contributed by atoms with van der Waals surface area (Å²) in [5, 5.41) is 3.04. The lowest BCUT2D eigenvalue weighted by Gasteiger charge is -2.27. The molecule has 17 heavy (non-hydrogen) atoms. The van der Waals surface area contributed by atoms with Gasteiger partial charge in [-0.1, -0.05) is 12.1 Å². The van der Waals surface area contributed by atoms with Gasteiger partial charge in [0, 0.05) is 25.2 Å². The zero-order valence-corrected chi connectivity index (χ0v) is 9.90. The predicted molar refractivity (Wildman–Crippen MR) is 66.0 cm³/mol. The van der Waals surface area contributed by atoms with Crippen molar-refractivity contribution in [1.82, 2.24) is 5.32 Å². The Bertz CT molecular complexity index is 443. The number of rotatable bonds is 3. The Labute approximate surface area is 101 Å². The van der Waals surface area contributed by atoms with Crippen molar-refractivity contribution in [3.8, 4) is 0 Å². The highest BCUT2D eigenvalue weighted by atomic mass is 16.2. The number of hydrogen-bond acceptors (Lipinski definition) is 3. The minimum atomic E-state index is 0.0798. The van der Waals surface area contributed by atoms with Crippen molar-refractivity contribution in [3.05, 3.63) is 29.8 Å². The van der Waals surface area contributed by atoms with Gasteiger partial charge in [-0.25, -0.2) is 0 Å². The molecule has 0 spiro atoms. The molecule has 4 nitrogen and oxygen atoms in total. The Kier molecular flexibility index (Phi) is 3.54. The van der Waals surface area contributed by atoms with Gasteiger partial charge >= 0.3 is 0 Å². The van der Waals surface area contributed by atoms with Crippen molar-refractivity contribution in [3.63, 3.8) is 0 Å². The van der Waals surface area contributed by atoms with Crippen molar-refractivity contribution >= 4 is 17.4 Å². The molecular formula is C13H16N2O2. The SMILES string of the molecule is CC(=O)Cc1cccc(N2CCNCC2=O)c1. The van der Waals surface area contributed by atoms with E-state index in [1.165, 1.54) is 0 Å². The van der Waals surface area contributed by atoms with E-state index in [1.54, 1.807) is 11.8 Å². The number of hydrogen-bond donors (Lipinski definition) is 1.